The lowest BCUT2D eigenvalue weighted by Crippen LogP contribution is -2.51. The van der Waals surface area contributed by atoms with Gasteiger partial charge >= 0.3 is 0 Å². The number of aryl methyl sites for hydroxylation is 2. The van der Waals surface area contributed by atoms with Crippen LogP contribution in [0, 0.1) is 0 Å². The third kappa shape index (κ3) is 5.98. The van der Waals surface area contributed by atoms with E-state index in [1.54, 1.807) is 14.2 Å². The molecule has 3 rings (SSSR count). The fraction of sp³-hybridized carbons (Fsp3) is 0.500. The molecule has 4 heteroatoms. The Morgan fingerprint density at radius 1 is 0.929 bits per heavy atom. The van der Waals surface area contributed by atoms with Crippen LogP contribution in [-0.2, 0) is 12.8 Å². The van der Waals surface area contributed by atoms with Gasteiger partial charge in [0.25, 0.3) is 0 Å². The Hall–Kier alpha value is -2.04. The van der Waals surface area contributed by atoms with Crippen molar-refractivity contribution in [1.29, 1.82) is 0 Å². The van der Waals surface area contributed by atoms with Crippen molar-refractivity contribution in [3.05, 3.63) is 59.7 Å². The standard InChI is InChI=1S/C24H34N2O2/c1-27-23-14-13-21(18-24(23)28-2)10-6-12-22-19-25-15-17-26(22)16-7-11-20-8-4-3-5-9-20/h3-5,8-9,13-14,18,22,25H,6-7,10-12,15-17,19H2,1-2H3. The van der Waals surface area contributed by atoms with Gasteiger partial charge in [0.15, 0.2) is 11.5 Å². The van der Waals surface area contributed by atoms with Gasteiger partial charge < -0.3 is 14.8 Å². The third-order valence-electron chi connectivity index (χ3n) is 5.68. The quantitative estimate of drug-likeness (QED) is 0.675. The highest BCUT2D eigenvalue weighted by atomic mass is 16.5. The molecule has 1 heterocycles. The Bertz CT molecular complexity index is 705. The first-order valence-electron chi connectivity index (χ1n) is 10.5. The molecule has 0 spiro atoms. The van der Waals surface area contributed by atoms with Crippen molar-refractivity contribution in [2.45, 2.75) is 38.1 Å². The number of nitrogens with zero attached hydrogens (tertiary/aromatic N) is 1. The maximum absolute atomic E-state index is 5.43. The molecule has 1 saturated heterocycles. The summed E-state index contributed by atoms with van der Waals surface area (Å²) in [5, 5.41) is 3.58. The number of hydrogen-bond acceptors (Lipinski definition) is 4. The van der Waals surface area contributed by atoms with E-state index in [0.717, 1.165) is 37.6 Å². The van der Waals surface area contributed by atoms with Crippen molar-refractivity contribution in [3.8, 4) is 11.5 Å². The van der Waals surface area contributed by atoms with E-state index in [4.69, 9.17) is 9.47 Å². The summed E-state index contributed by atoms with van der Waals surface area (Å²) in [6.45, 7) is 4.57. The molecule has 0 saturated carbocycles. The molecule has 1 atom stereocenters. The first-order chi connectivity index (χ1) is 13.8. The van der Waals surface area contributed by atoms with Crippen LogP contribution in [0.3, 0.4) is 0 Å². The summed E-state index contributed by atoms with van der Waals surface area (Å²) in [5.74, 6) is 1.62. The van der Waals surface area contributed by atoms with Crippen molar-refractivity contribution in [1.82, 2.24) is 10.2 Å². The van der Waals surface area contributed by atoms with Gasteiger partial charge in [-0.05, 0) is 61.9 Å². The van der Waals surface area contributed by atoms with Crippen molar-refractivity contribution < 1.29 is 9.47 Å². The second kappa shape index (κ2) is 11.1. The number of hydrogen-bond donors (Lipinski definition) is 1. The molecule has 0 aliphatic carbocycles. The highest BCUT2D eigenvalue weighted by Crippen LogP contribution is 2.28. The third-order valence-corrected chi connectivity index (χ3v) is 5.68. The van der Waals surface area contributed by atoms with E-state index in [9.17, 15) is 0 Å². The molecule has 1 unspecified atom stereocenters. The minimum absolute atomic E-state index is 0.643. The fourth-order valence-corrected chi connectivity index (χ4v) is 4.09. The topological polar surface area (TPSA) is 33.7 Å². The maximum Gasteiger partial charge on any atom is 0.160 e. The number of nitrogens with one attached hydrogen (secondary N) is 1. The molecule has 1 aliphatic heterocycles. The molecule has 0 bridgehead atoms. The summed E-state index contributed by atoms with van der Waals surface area (Å²) < 4.78 is 10.8. The summed E-state index contributed by atoms with van der Waals surface area (Å²) in [4.78, 5) is 2.69. The van der Waals surface area contributed by atoms with Crippen LogP contribution >= 0.6 is 0 Å². The maximum atomic E-state index is 5.43. The van der Waals surface area contributed by atoms with Crippen molar-refractivity contribution >= 4 is 0 Å². The van der Waals surface area contributed by atoms with Crippen molar-refractivity contribution in [3.63, 3.8) is 0 Å². The minimum Gasteiger partial charge on any atom is -0.493 e. The van der Waals surface area contributed by atoms with Crippen LogP contribution < -0.4 is 14.8 Å². The molecule has 4 nitrogen and oxygen atoms in total. The highest BCUT2D eigenvalue weighted by molar-refractivity contribution is 5.42. The number of rotatable bonds is 10. The smallest absolute Gasteiger partial charge is 0.160 e. The average Bonchev–Trinajstić information content (AvgIpc) is 2.75. The zero-order valence-corrected chi connectivity index (χ0v) is 17.3. The first-order valence-corrected chi connectivity index (χ1v) is 10.5. The lowest BCUT2D eigenvalue weighted by molar-refractivity contribution is 0.149. The van der Waals surface area contributed by atoms with E-state index >= 15 is 0 Å². The Morgan fingerprint density at radius 2 is 1.71 bits per heavy atom. The van der Waals surface area contributed by atoms with E-state index in [-0.39, 0.29) is 0 Å². The summed E-state index contributed by atoms with van der Waals surface area (Å²) in [5.41, 5.74) is 2.76. The summed E-state index contributed by atoms with van der Waals surface area (Å²) in [6.07, 6.45) is 5.90. The van der Waals surface area contributed by atoms with Gasteiger partial charge in [-0.25, -0.2) is 0 Å². The Kier molecular flexibility index (Phi) is 8.19. The van der Waals surface area contributed by atoms with Crippen LogP contribution in [0.4, 0.5) is 0 Å². The summed E-state index contributed by atoms with van der Waals surface area (Å²) in [7, 11) is 3.38. The molecule has 1 aliphatic rings. The Labute approximate surface area is 169 Å². The van der Waals surface area contributed by atoms with Crippen LogP contribution in [0.15, 0.2) is 48.5 Å². The summed E-state index contributed by atoms with van der Waals surface area (Å²) >= 11 is 0. The Balaban J connectivity index is 1.45. The second-order valence-electron chi connectivity index (χ2n) is 7.56. The van der Waals surface area contributed by atoms with E-state index in [0.29, 0.717) is 6.04 Å². The highest BCUT2D eigenvalue weighted by Gasteiger charge is 2.21. The lowest BCUT2D eigenvalue weighted by atomic mass is 10.0. The van der Waals surface area contributed by atoms with Gasteiger partial charge in [0, 0.05) is 25.7 Å². The van der Waals surface area contributed by atoms with Gasteiger partial charge in [-0.1, -0.05) is 36.4 Å². The lowest BCUT2D eigenvalue weighted by Gasteiger charge is -2.36. The van der Waals surface area contributed by atoms with Gasteiger partial charge in [0.05, 0.1) is 14.2 Å². The molecular formula is C24H34N2O2. The molecule has 0 aromatic heterocycles. The van der Waals surface area contributed by atoms with Crippen molar-refractivity contribution in [2.75, 3.05) is 40.4 Å². The number of ether oxygens (including phenoxy) is 2. The molecule has 2 aromatic carbocycles. The molecular weight excluding hydrogens is 348 g/mol. The largest absolute Gasteiger partial charge is 0.493 e. The van der Waals surface area contributed by atoms with Crippen LogP contribution in [0.25, 0.3) is 0 Å². The average molecular weight is 383 g/mol. The molecule has 0 amide bonds. The second-order valence-corrected chi connectivity index (χ2v) is 7.56. The van der Waals surface area contributed by atoms with Gasteiger partial charge in [-0.3, -0.25) is 4.90 Å². The van der Waals surface area contributed by atoms with E-state index in [2.05, 4.69) is 52.7 Å². The van der Waals surface area contributed by atoms with Gasteiger partial charge in [-0.2, -0.15) is 0 Å². The SMILES string of the molecule is COc1ccc(CCCC2CNCCN2CCCc2ccccc2)cc1OC. The fourth-order valence-electron chi connectivity index (χ4n) is 4.09. The number of methoxy groups -OCH3 is 2. The molecule has 28 heavy (non-hydrogen) atoms. The first kappa shape index (κ1) is 20.7. The van der Waals surface area contributed by atoms with E-state index in [1.807, 2.05) is 6.07 Å². The van der Waals surface area contributed by atoms with Crippen molar-refractivity contribution in [2.24, 2.45) is 0 Å². The van der Waals surface area contributed by atoms with Gasteiger partial charge in [0.1, 0.15) is 0 Å². The van der Waals surface area contributed by atoms with Crippen LogP contribution in [-0.4, -0.2) is 51.3 Å². The predicted octanol–water partition coefficient (Wildman–Crippen LogP) is 3.93. The minimum atomic E-state index is 0.643. The van der Waals surface area contributed by atoms with Gasteiger partial charge in [-0.15, -0.1) is 0 Å². The molecule has 152 valence electrons. The van der Waals surface area contributed by atoms with Crippen LogP contribution in [0.2, 0.25) is 0 Å². The monoisotopic (exact) mass is 382 g/mol. The molecule has 1 N–H and O–H groups in total. The van der Waals surface area contributed by atoms with Gasteiger partial charge in [0.2, 0.25) is 0 Å². The van der Waals surface area contributed by atoms with E-state index in [1.165, 1.54) is 43.4 Å². The predicted molar refractivity (Wildman–Crippen MR) is 115 cm³/mol. The number of piperazine rings is 1. The molecule has 2 aromatic rings. The van der Waals surface area contributed by atoms with Crippen LogP contribution in [0.1, 0.15) is 30.4 Å². The molecule has 0 radical (unpaired) electrons. The van der Waals surface area contributed by atoms with E-state index < -0.39 is 0 Å². The van der Waals surface area contributed by atoms with Crippen LogP contribution in [0.5, 0.6) is 11.5 Å². The zero-order valence-electron chi connectivity index (χ0n) is 17.3. The normalized spacial score (nSPS) is 17.4. The molecule has 1 fully saturated rings. The Morgan fingerprint density at radius 3 is 2.50 bits per heavy atom. The summed E-state index contributed by atoms with van der Waals surface area (Å²) in [6, 6.07) is 17.7. The number of benzene rings is 2. The zero-order chi connectivity index (χ0) is 19.6.